The third-order valence-corrected chi connectivity index (χ3v) is 6.77. The standard InChI is InChI=1S/C23H16F6N4O3S/c24-22(25,26)16-8-15(10-21-30-32-33-31-21)9-17(11-16)36-20-7-6-18(12-19(20)23(27,28)29)37(34,35)13-14-4-2-1-3-5-14/h1-9,11-12H,10,13H2,(H,30,31,32,33). The van der Waals surface area contributed by atoms with Crippen molar-refractivity contribution in [2.75, 3.05) is 0 Å². The Morgan fingerprint density at radius 3 is 2.19 bits per heavy atom. The highest BCUT2D eigenvalue weighted by atomic mass is 32.2. The molecule has 1 heterocycles. The van der Waals surface area contributed by atoms with Crippen molar-refractivity contribution in [3.05, 3.63) is 94.8 Å². The van der Waals surface area contributed by atoms with Crippen LogP contribution in [0.25, 0.3) is 0 Å². The fraction of sp³-hybridized carbons (Fsp3) is 0.174. The first kappa shape index (κ1) is 26.1. The van der Waals surface area contributed by atoms with E-state index in [1.165, 1.54) is 12.1 Å². The minimum Gasteiger partial charge on any atom is -0.457 e. The first-order valence-corrected chi connectivity index (χ1v) is 12.1. The zero-order valence-corrected chi connectivity index (χ0v) is 19.3. The van der Waals surface area contributed by atoms with Crippen molar-refractivity contribution in [1.29, 1.82) is 0 Å². The van der Waals surface area contributed by atoms with Gasteiger partial charge in [0, 0.05) is 6.42 Å². The number of hydrogen-bond donors (Lipinski definition) is 1. The molecule has 4 aromatic rings. The second kappa shape index (κ2) is 9.84. The number of nitrogens with zero attached hydrogens (tertiary/aromatic N) is 3. The van der Waals surface area contributed by atoms with Crippen LogP contribution in [-0.2, 0) is 34.4 Å². The van der Waals surface area contributed by atoms with E-state index in [1.807, 2.05) is 0 Å². The number of aromatic nitrogens is 4. The highest BCUT2D eigenvalue weighted by molar-refractivity contribution is 7.90. The van der Waals surface area contributed by atoms with Crippen LogP contribution < -0.4 is 4.74 Å². The SMILES string of the molecule is O=S(=O)(Cc1ccccc1)c1ccc(Oc2cc(Cc3nn[nH]n3)cc(C(F)(F)F)c2)c(C(F)(F)F)c1. The molecule has 1 N–H and O–H groups in total. The summed E-state index contributed by atoms with van der Waals surface area (Å²) < 4.78 is 113. The maximum absolute atomic E-state index is 13.9. The van der Waals surface area contributed by atoms with E-state index in [0.717, 1.165) is 24.3 Å². The van der Waals surface area contributed by atoms with E-state index in [9.17, 15) is 34.8 Å². The Balaban J connectivity index is 1.72. The van der Waals surface area contributed by atoms with E-state index < -0.39 is 55.5 Å². The average Bonchev–Trinajstić information content (AvgIpc) is 3.31. The molecule has 0 amide bonds. The average molecular weight is 542 g/mol. The Kier molecular flexibility index (Phi) is 6.95. The molecule has 37 heavy (non-hydrogen) atoms. The van der Waals surface area contributed by atoms with Crippen LogP contribution in [0.15, 0.2) is 71.6 Å². The predicted molar refractivity (Wildman–Crippen MR) is 117 cm³/mol. The second-order valence-corrected chi connectivity index (χ2v) is 9.86. The zero-order valence-electron chi connectivity index (χ0n) is 18.5. The molecule has 0 bridgehead atoms. The van der Waals surface area contributed by atoms with Crippen molar-refractivity contribution in [3.63, 3.8) is 0 Å². The third kappa shape index (κ3) is 6.44. The van der Waals surface area contributed by atoms with Gasteiger partial charge in [-0.2, -0.15) is 31.6 Å². The maximum atomic E-state index is 13.9. The molecule has 3 aromatic carbocycles. The van der Waals surface area contributed by atoms with Crippen LogP contribution in [0, 0.1) is 0 Å². The molecule has 0 radical (unpaired) electrons. The smallest absolute Gasteiger partial charge is 0.420 e. The number of ether oxygens (including phenoxy) is 1. The van der Waals surface area contributed by atoms with Gasteiger partial charge < -0.3 is 4.74 Å². The Hall–Kier alpha value is -3.94. The summed E-state index contributed by atoms with van der Waals surface area (Å²) in [6.45, 7) is 0. The summed E-state index contributed by atoms with van der Waals surface area (Å²) in [7, 11) is -4.17. The molecule has 0 aliphatic heterocycles. The molecule has 0 aliphatic rings. The highest BCUT2D eigenvalue weighted by Gasteiger charge is 2.37. The van der Waals surface area contributed by atoms with Crippen LogP contribution in [0.4, 0.5) is 26.3 Å². The van der Waals surface area contributed by atoms with Gasteiger partial charge in [-0.25, -0.2) is 8.42 Å². The van der Waals surface area contributed by atoms with Gasteiger partial charge in [0.1, 0.15) is 11.5 Å². The number of sulfone groups is 1. The molecule has 0 spiro atoms. The minimum atomic E-state index is -5.07. The Bertz CT molecular complexity index is 1490. The fourth-order valence-corrected chi connectivity index (χ4v) is 4.81. The number of aromatic amines is 1. The van der Waals surface area contributed by atoms with Gasteiger partial charge in [-0.05, 0) is 47.5 Å². The molecule has 0 fully saturated rings. The lowest BCUT2D eigenvalue weighted by Crippen LogP contribution is -2.11. The number of H-pyrrole nitrogens is 1. The molecule has 0 saturated carbocycles. The minimum absolute atomic E-state index is 0.00171. The van der Waals surface area contributed by atoms with Crippen LogP contribution >= 0.6 is 0 Å². The van der Waals surface area contributed by atoms with Gasteiger partial charge in [0.25, 0.3) is 0 Å². The molecule has 4 rings (SSSR count). The van der Waals surface area contributed by atoms with Crippen molar-refractivity contribution in [2.45, 2.75) is 29.4 Å². The van der Waals surface area contributed by atoms with Crippen molar-refractivity contribution < 1.29 is 39.5 Å². The normalized spacial score (nSPS) is 12.5. The van der Waals surface area contributed by atoms with Gasteiger partial charge in [0.05, 0.1) is 21.8 Å². The predicted octanol–water partition coefficient (Wildman–Crippen LogP) is 5.59. The van der Waals surface area contributed by atoms with Crippen LogP contribution in [0.5, 0.6) is 11.5 Å². The van der Waals surface area contributed by atoms with E-state index in [4.69, 9.17) is 4.74 Å². The van der Waals surface area contributed by atoms with E-state index in [2.05, 4.69) is 20.6 Å². The number of alkyl halides is 6. The van der Waals surface area contributed by atoms with Gasteiger partial charge in [-0.15, -0.1) is 10.2 Å². The Labute approximate surface area is 206 Å². The second-order valence-electron chi connectivity index (χ2n) is 7.87. The molecule has 7 nitrogen and oxygen atoms in total. The highest BCUT2D eigenvalue weighted by Crippen LogP contribution is 2.41. The van der Waals surface area contributed by atoms with Gasteiger partial charge in [0.2, 0.25) is 0 Å². The third-order valence-electron chi connectivity index (χ3n) is 5.09. The Morgan fingerprint density at radius 1 is 0.838 bits per heavy atom. The summed E-state index contributed by atoms with van der Waals surface area (Å²) in [4.78, 5) is -0.613. The van der Waals surface area contributed by atoms with Crippen molar-refractivity contribution in [1.82, 2.24) is 20.6 Å². The summed E-state index contributed by atoms with van der Waals surface area (Å²) >= 11 is 0. The molecule has 14 heteroatoms. The number of hydrogen-bond acceptors (Lipinski definition) is 6. The van der Waals surface area contributed by atoms with Gasteiger partial charge in [-0.3, -0.25) is 0 Å². The number of halogens is 6. The summed E-state index contributed by atoms with van der Waals surface area (Å²) in [5.41, 5.74) is -2.26. The van der Waals surface area contributed by atoms with Gasteiger partial charge in [-0.1, -0.05) is 35.5 Å². The number of benzene rings is 3. The lowest BCUT2D eigenvalue weighted by Gasteiger charge is -2.17. The van der Waals surface area contributed by atoms with Crippen LogP contribution in [0.1, 0.15) is 28.1 Å². The summed E-state index contributed by atoms with van der Waals surface area (Å²) in [5, 5.41) is 12.8. The maximum Gasteiger partial charge on any atom is 0.420 e. The van der Waals surface area contributed by atoms with E-state index in [0.29, 0.717) is 17.7 Å². The Morgan fingerprint density at radius 2 is 1.57 bits per heavy atom. The molecular formula is C23H16F6N4O3S. The zero-order chi connectivity index (χ0) is 26.8. The van der Waals surface area contributed by atoms with Crippen LogP contribution in [-0.4, -0.2) is 29.0 Å². The summed E-state index contributed by atoms with van der Waals surface area (Å²) in [6.07, 6.45) is -10.1. The van der Waals surface area contributed by atoms with E-state index in [1.54, 1.807) is 18.2 Å². The molecule has 0 saturated heterocycles. The van der Waals surface area contributed by atoms with Gasteiger partial charge >= 0.3 is 12.4 Å². The fourth-order valence-electron chi connectivity index (χ4n) is 3.44. The van der Waals surface area contributed by atoms with Crippen molar-refractivity contribution >= 4 is 9.84 Å². The van der Waals surface area contributed by atoms with Crippen molar-refractivity contribution in [3.8, 4) is 11.5 Å². The molecule has 0 atom stereocenters. The topological polar surface area (TPSA) is 97.8 Å². The lowest BCUT2D eigenvalue weighted by atomic mass is 10.1. The molecule has 1 aromatic heterocycles. The summed E-state index contributed by atoms with van der Waals surface area (Å²) in [6, 6.07) is 12.4. The largest absolute Gasteiger partial charge is 0.457 e. The first-order valence-electron chi connectivity index (χ1n) is 10.4. The lowest BCUT2D eigenvalue weighted by molar-refractivity contribution is -0.139. The molecule has 194 valence electrons. The monoisotopic (exact) mass is 542 g/mol. The van der Waals surface area contributed by atoms with Crippen molar-refractivity contribution in [2.24, 2.45) is 0 Å². The number of rotatable bonds is 7. The molecule has 0 aliphatic carbocycles. The molecular weight excluding hydrogens is 526 g/mol. The quantitative estimate of drug-likeness (QED) is 0.306. The molecule has 0 unspecified atom stereocenters. The van der Waals surface area contributed by atoms with E-state index >= 15 is 0 Å². The first-order chi connectivity index (χ1) is 17.3. The van der Waals surface area contributed by atoms with Crippen LogP contribution in [0.2, 0.25) is 0 Å². The summed E-state index contributed by atoms with van der Waals surface area (Å²) in [5.74, 6) is -1.90. The van der Waals surface area contributed by atoms with E-state index in [-0.39, 0.29) is 17.8 Å². The number of nitrogens with one attached hydrogen (secondary N) is 1. The number of tetrazole rings is 1. The van der Waals surface area contributed by atoms with Crippen LogP contribution in [0.3, 0.4) is 0 Å². The van der Waals surface area contributed by atoms with Gasteiger partial charge in [0.15, 0.2) is 15.7 Å².